The number of alkyl carbamates (subject to hydrolysis) is 1. The van der Waals surface area contributed by atoms with Gasteiger partial charge >= 0.3 is 6.09 Å². The lowest BCUT2D eigenvalue weighted by Crippen LogP contribution is -2.24. The summed E-state index contributed by atoms with van der Waals surface area (Å²) >= 11 is 1.63. The summed E-state index contributed by atoms with van der Waals surface area (Å²) in [6.45, 7) is 0.838. The Bertz CT molecular complexity index is 828. The van der Waals surface area contributed by atoms with Crippen molar-refractivity contribution in [3.63, 3.8) is 0 Å². The summed E-state index contributed by atoms with van der Waals surface area (Å²) in [4.78, 5) is 15.9. The van der Waals surface area contributed by atoms with Crippen LogP contribution in [0.4, 0.5) is 4.79 Å². The fourth-order valence-electron chi connectivity index (χ4n) is 2.23. The van der Waals surface area contributed by atoms with E-state index in [9.17, 15) is 4.79 Å². The molecule has 0 spiro atoms. The molecule has 1 aromatic heterocycles. The zero-order valence-corrected chi connectivity index (χ0v) is 14.0. The highest BCUT2D eigenvalue weighted by Crippen LogP contribution is 2.19. The third-order valence-electron chi connectivity index (χ3n) is 3.46. The van der Waals surface area contributed by atoms with Gasteiger partial charge in [-0.2, -0.15) is 0 Å². The maximum Gasteiger partial charge on any atom is 0.407 e. The fourth-order valence-corrected chi connectivity index (χ4v) is 2.95. The summed E-state index contributed by atoms with van der Waals surface area (Å²) in [6, 6.07) is 15.8. The predicted octanol–water partition coefficient (Wildman–Crippen LogP) is 4.63. The molecule has 2 aromatic carbocycles. The summed E-state index contributed by atoms with van der Waals surface area (Å²) in [5.74, 6) is 0. The lowest BCUT2D eigenvalue weighted by molar-refractivity contribution is 0.140. The number of ether oxygens (including phenoxy) is 1. The normalized spacial score (nSPS) is 11.0. The molecular weight excluding hydrogens is 320 g/mol. The second-order valence-corrected chi connectivity index (χ2v) is 6.15. The summed E-state index contributed by atoms with van der Waals surface area (Å²) in [5, 5.41) is 2.74. The van der Waals surface area contributed by atoms with E-state index in [0.29, 0.717) is 6.54 Å². The smallest absolute Gasteiger partial charge is 0.407 e. The van der Waals surface area contributed by atoms with E-state index in [4.69, 9.17) is 4.74 Å². The quantitative estimate of drug-likeness (QED) is 0.667. The monoisotopic (exact) mass is 338 g/mol. The second kappa shape index (κ2) is 8.26. The Labute approximate surface area is 144 Å². The number of hydrogen-bond donors (Lipinski definition) is 1. The molecule has 4 nitrogen and oxygen atoms in total. The number of nitrogens with one attached hydrogen (secondary N) is 1. The highest BCUT2D eigenvalue weighted by molar-refractivity contribution is 7.16. The van der Waals surface area contributed by atoms with Crippen molar-refractivity contribution < 1.29 is 9.53 Å². The van der Waals surface area contributed by atoms with Crippen LogP contribution >= 0.6 is 11.3 Å². The molecule has 24 heavy (non-hydrogen) atoms. The number of nitrogens with zero attached hydrogens (tertiary/aromatic N) is 1. The van der Waals surface area contributed by atoms with Crippen molar-refractivity contribution in [1.29, 1.82) is 0 Å². The van der Waals surface area contributed by atoms with Gasteiger partial charge in [-0.05, 0) is 29.7 Å². The van der Waals surface area contributed by atoms with Gasteiger partial charge in [0.15, 0.2) is 0 Å². The van der Waals surface area contributed by atoms with Crippen LogP contribution in [0.5, 0.6) is 0 Å². The fraction of sp³-hybridized carbons (Fsp3) is 0.158. The van der Waals surface area contributed by atoms with E-state index in [0.717, 1.165) is 23.1 Å². The Morgan fingerprint density at radius 1 is 1.21 bits per heavy atom. The molecule has 1 amide bonds. The van der Waals surface area contributed by atoms with Crippen molar-refractivity contribution >= 4 is 33.7 Å². The Kier molecular flexibility index (Phi) is 5.58. The third kappa shape index (κ3) is 4.67. The molecule has 0 bridgehead atoms. The van der Waals surface area contributed by atoms with Crippen molar-refractivity contribution in [3.05, 3.63) is 71.2 Å². The van der Waals surface area contributed by atoms with Gasteiger partial charge < -0.3 is 10.1 Å². The van der Waals surface area contributed by atoms with Gasteiger partial charge in [-0.3, -0.25) is 0 Å². The van der Waals surface area contributed by atoms with Crippen molar-refractivity contribution in [2.45, 2.75) is 13.0 Å². The van der Waals surface area contributed by atoms with Crippen molar-refractivity contribution in [1.82, 2.24) is 10.3 Å². The molecule has 1 heterocycles. The van der Waals surface area contributed by atoms with Crippen LogP contribution in [0.15, 0.2) is 60.1 Å². The van der Waals surface area contributed by atoms with Crippen LogP contribution in [-0.4, -0.2) is 17.6 Å². The number of aromatic nitrogens is 1. The number of rotatable bonds is 6. The highest BCUT2D eigenvalue weighted by atomic mass is 32.1. The van der Waals surface area contributed by atoms with Crippen LogP contribution < -0.4 is 5.32 Å². The first-order valence-electron chi connectivity index (χ1n) is 7.75. The van der Waals surface area contributed by atoms with E-state index in [1.165, 1.54) is 4.70 Å². The van der Waals surface area contributed by atoms with Gasteiger partial charge in [-0.15, -0.1) is 11.3 Å². The first-order chi connectivity index (χ1) is 11.8. The summed E-state index contributed by atoms with van der Waals surface area (Å²) in [6.07, 6.45) is 4.45. The van der Waals surface area contributed by atoms with Crippen molar-refractivity contribution in [3.8, 4) is 0 Å². The molecule has 0 saturated heterocycles. The van der Waals surface area contributed by atoms with Gasteiger partial charge in [0.1, 0.15) is 6.61 Å². The van der Waals surface area contributed by atoms with Crippen LogP contribution in [-0.2, 0) is 11.3 Å². The van der Waals surface area contributed by atoms with Crippen molar-refractivity contribution in [2.24, 2.45) is 0 Å². The molecule has 0 saturated carbocycles. The SMILES string of the molecule is O=C(NCCC=Cc1ccc2ncsc2c1)OCc1ccccc1. The first kappa shape index (κ1) is 16.2. The highest BCUT2D eigenvalue weighted by Gasteiger charge is 2.01. The molecule has 0 aliphatic carbocycles. The Balaban J connectivity index is 1.37. The van der Waals surface area contributed by atoms with Gasteiger partial charge in [0, 0.05) is 6.54 Å². The van der Waals surface area contributed by atoms with E-state index in [2.05, 4.69) is 22.4 Å². The molecule has 5 heteroatoms. The zero-order chi connectivity index (χ0) is 16.6. The Morgan fingerprint density at radius 2 is 2.08 bits per heavy atom. The molecule has 122 valence electrons. The van der Waals surface area contributed by atoms with Gasteiger partial charge in [0.05, 0.1) is 15.7 Å². The number of thiazole rings is 1. The van der Waals surface area contributed by atoms with Crippen LogP contribution in [0.2, 0.25) is 0 Å². The molecule has 0 atom stereocenters. The molecule has 3 rings (SSSR count). The zero-order valence-electron chi connectivity index (χ0n) is 13.1. The average Bonchev–Trinajstić information content (AvgIpc) is 3.08. The van der Waals surface area contributed by atoms with E-state index < -0.39 is 6.09 Å². The summed E-state index contributed by atoms with van der Waals surface area (Å²) in [5.41, 5.74) is 4.99. The number of fused-ring (bicyclic) bond motifs is 1. The molecule has 0 fully saturated rings. The minimum Gasteiger partial charge on any atom is -0.445 e. The minimum atomic E-state index is -0.390. The molecule has 3 aromatic rings. The maximum atomic E-state index is 11.6. The van der Waals surface area contributed by atoms with E-state index in [-0.39, 0.29) is 6.61 Å². The molecule has 0 radical (unpaired) electrons. The topological polar surface area (TPSA) is 51.2 Å². The molecular formula is C19H18N2O2S. The van der Waals surface area contributed by atoms with E-state index in [1.54, 1.807) is 11.3 Å². The second-order valence-electron chi connectivity index (χ2n) is 5.26. The lowest BCUT2D eigenvalue weighted by atomic mass is 10.2. The number of carbonyl (C=O) groups is 1. The molecule has 0 aliphatic rings. The Hall–Kier alpha value is -2.66. The number of carbonyl (C=O) groups excluding carboxylic acids is 1. The maximum absolute atomic E-state index is 11.6. The third-order valence-corrected chi connectivity index (χ3v) is 4.25. The number of hydrogen-bond acceptors (Lipinski definition) is 4. The first-order valence-corrected chi connectivity index (χ1v) is 8.63. The van der Waals surface area contributed by atoms with Gasteiger partial charge in [-0.25, -0.2) is 9.78 Å². The Morgan fingerprint density at radius 3 is 2.96 bits per heavy atom. The summed E-state index contributed by atoms with van der Waals surface area (Å²) in [7, 11) is 0. The molecule has 0 aliphatic heterocycles. The summed E-state index contributed by atoms with van der Waals surface area (Å²) < 4.78 is 6.33. The predicted molar refractivity (Wildman–Crippen MR) is 97.9 cm³/mol. The number of benzene rings is 2. The average molecular weight is 338 g/mol. The standard InChI is InChI=1S/C19H18N2O2S/c22-19(23-13-16-7-2-1-3-8-16)20-11-5-4-6-15-9-10-17-18(12-15)24-14-21-17/h1-4,6-10,12,14H,5,11,13H2,(H,20,22). The van der Waals surface area contributed by atoms with Crippen LogP contribution in [0.25, 0.3) is 16.3 Å². The van der Waals surface area contributed by atoms with Gasteiger partial charge in [0.25, 0.3) is 0 Å². The van der Waals surface area contributed by atoms with Gasteiger partial charge in [-0.1, -0.05) is 48.6 Å². The van der Waals surface area contributed by atoms with Crippen LogP contribution in [0.3, 0.4) is 0 Å². The largest absolute Gasteiger partial charge is 0.445 e. The van der Waals surface area contributed by atoms with Crippen molar-refractivity contribution in [2.75, 3.05) is 6.54 Å². The minimum absolute atomic E-state index is 0.289. The molecule has 0 unspecified atom stereocenters. The van der Waals surface area contributed by atoms with Crippen LogP contribution in [0, 0.1) is 0 Å². The lowest BCUT2D eigenvalue weighted by Gasteiger charge is -2.05. The van der Waals surface area contributed by atoms with Crippen LogP contribution in [0.1, 0.15) is 17.5 Å². The van der Waals surface area contributed by atoms with E-state index >= 15 is 0 Å². The number of amides is 1. The molecule has 1 N–H and O–H groups in total. The van der Waals surface area contributed by atoms with Gasteiger partial charge in [0.2, 0.25) is 0 Å². The van der Waals surface area contributed by atoms with E-state index in [1.807, 2.05) is 54.1 Å².